The molecule has 0 spiro atoms. The molecule has 16 heteroatoms. The summed E-state index contributed by atoms with van der Waals surface area (Å²) in [5.41, 5.74) is 5.16. The minimum absolute atomic E-state index is 0.00294. The number of carbonyl (C=O) groups is 1. The van der Waals surface area contributed by atoms with Crippen molar-refractivity contribution in [2.24, 2.45) is 0 Å². The van der Waals surface area contributed by atoms with Crippen LogP contribution in [0.1, 0.15) is 26.0 Å². The number of hydrogen-bond donors (Lipinski definition) is 5. The number of carboxylic acid groups (broad SMARTS) is 1. The zero-order valence-electron chi connectivity index (χ0n) is 16.1. The molecule has 0 saturated carbocycles. The van der Waals surface area contributed by atoms with Gasteiger partial charge >= 0.3 is 13.8 Å². The van der Waals surface area contributed by atoms with Crippen molar-refractivity contribution in [3.63, 3.8) is 0 Å². The van der Waals surface area contributed by atoms with Gasteiger partial charge < -0.3 is 34.8 Å². The quantitative estimate of drug-likeness (QED) is 0.315. The maximum Gasteiger partial charge on any atom is 0.469 e. The van der Waals surface area contributed by atoms with Gasteiger partial charge in [-0.25, -0.2) is 9.55 Å². The summed E-state index contributed by atoms with van der Waals surface area (Å²) < 4.78 is 34.9. The molecule has 0 radical (unpaired) electrons. The van der Waals surface area contributed by atoms with E-state index in [0.29, 0.717) is 0 Å². The first kappa shape index (κ1) is 21.8. The van der Waals surface area contributed by atoms with Gasteiger partial charge in [-0.3, -0.25) is 23.7 Å². The molecule has 4 heterocycles. The number of phosphoric ester groups is 1. The molecule has 0 aliphatic carbocycles. The number of fused-ring (bicyclic) bond motifs is 2. The van der Waals surface area contributed by atoms with Crippen molar-refractivity contribution >= 4 is 30.9 Å². The molecule has 2 aliphatic heterocycles. The highest BCUT2D eigenvalue weighted by molar-refractivity contribution is 7.46. The van der Waals surface area contributed by atoms with Crippen molar-refractivity contribution in [2.45, 2.75) is 50.1 Å². The van der Waals surface area contributed by atoms with Gasteiger partial charge in [-0.2, -0.15) is 4.98 Å². The number of phosphoric acid groups is 1. The summed E-state index contributed by atoms with van der Waals surface area (Å²) in [7, 11) is -4.79. The number of aliphatic carboxylic acids is 1. The minimum Gasteiger partial charge on any atom is -0.481 e. The Morgan fingerprint density at radius 3 is 2.81 bits per heavy atom. The molecule has 0 amide bonds. The number of nitrogens with zero attached hydrogens (tertiary/aromatic N) is 3. The lowest BCUT2D eigenvalue weighted by Crippen LogP contribution is -2.34. The summed E-state index contributed by atoms with van der Waals surface area (Å²) in [4.78, 5) is 51.5. The van der Waals surface area contributed by atoms with Gasteiger partial charge in [0, 0.05) is 6.42 Å². The fraction of sp³-hybridized carbons (Fsp3) is 0.600. The molecule has 6 N–H and O–H groups in total. The van der Waals surface area contributed by atoms with Crippen LogP contribution in [0.25, 0.3) is 11.2 Å². The molecule has 2 saturated heterocycles. The van der Waals surface area contributed by atoms with Gasteiger partial charge in [0.15, 0.2) is 23.2 Å². The largest absolute Gasteiger partial charge is 0.481 e. The summed E-state index contributed by atoms with van der Waals surface area (Å²) in [6.07, 6.45) is -2.57. The second-order valence-electron chi connectivity index (χ2n) is 7.32. The third kappa shape index (κ3) is 4.34. The Kier molecular flexibility index (Phi) is 5.37. The number of nitrogen functional groups attached to an aromatic ring is 1. The molecule has 2 fully saturated rings. The molecule has 0 unspecified atom stereocenters. The van der Waals surface area contributed by atoms with Crippen LogP contribution in [0.5, 0.6) is 0 Å². The van der Waals surface area contributed by atoms with Gasteiger partial charge in [-0.1, -0.05) is 0 Å². The van der Waals surface area contributed by atoms with Crippen molar-refractivity contribution in [2.75, 3.05) is 12.3 Å². The summed E-state index contributed by atoms with van der Waals surface area (Å²) >= 11 is 0. The van der Waals surface area contributed by atoms with Crippen LogP contribution in [-0.2, 0) is 28.1 Å². The number of H-pyrrole nitrogens is 1. The Morgan fingerprint density at radius 1 is 1.42 bits per heavy atom. The fourth-order valence-corrected chi connectivity index (χ4v) is 4.03. The van der Waals surface area contributed by atoms with Crippen LogP contribution in [0.2, 0.25) is 0 Å². The number of carboxylic acids is 1. The number of nitrogens with two attached hydrogens (primary N) is 1. The van der Waals surface area contributed by atoms with Crippen molar-refractivity contribution in [3.8, 4) is 0 Å². The third-order valence-electron chi connectivity index (χ3n) is 4.98. The zero-order valence-corrected chi connectivity index (χ0v) is 17.0. The normalized spacial score (nSPS) is 30.7. The highest BCUT2D eigenvalue weighted by Crippen LogP contribution is 2.46. The van der Waals surface area contributed by atoms with Gasteiger partial charge in [0.25, 0.3) is 5.56 Å². The van der Waals surface area contributed by atoms with E-state index in [9.17, 15) is 14.2 Å². The molecule has 4 rings (SSSR count). The molecule has 2 aromatic rings. The molecule has 2 aliphatic rings. The zero-order chi connectivity index (χ0) is 22.6. The van der Waals surface area contributed by atoms with Gasteiger partial charge in [-0.05, 0) is 6.92 Å². The Balaban J connectivity index is 1.67. The standard InChI is InChI=1S/C15H20N5O10P/c1-15(3-2-7(21)22)29-9-6(4-27-31(24,25)26)28-13(10(9)30-15)20-5-17-8-11(20)18-14(16)19-12(8)23/h5-6,9-10,13H,2-4H2,1H3,(H,21,22)(H2,24,25,26)(H3,16,18,19,23)/t6-,9-,10-,13-,15+/m1/s1. The van der Waals surface area contributed by atoms with Gasteiger partial charge in [0.1, 0.15) is 18.3 Å². The first-order chi connectivity index (χ1) is 14.5. The maximum absolute atomic E-state index is 12.1. The number of anilines is 1. The van der Waals surface area contributed by atoms with Crippen LogP contribution in [0.15, 0.2) is 11.1 Å². The van der Waals surface area contributed by atoms with Crippen molar-refractivity contribution in [1.82, 2.24) is 19.5 Å². The first-order valence-electron chi connectivity index (χ1n) is 9.11. The molecule has 0 bridgehead atoms. The first-order valence-corrected chi connectivity index (χ1v) is 10.6. The third-order valence-corrected chi connectivity index (χ3v) is 5.47. The van der Waals surface area contributed by atoms with E-state index in [1.807, 2.05) is 0 Å². The molecule has 0 aromatic carbocycles. The fourth-order valence-electron chi connectivity index (χ4n) is 3.69. The summed E-state index contributed by atoms with van der Waals surface area (Å²) in [6.45, 7) is 1.03. The summed E-state index contributed by atoms with van der Waals surface area (Å²) in [5, 5.41) is 8.98. The van der Waals surface area contributed by atoms with E-state index in [2.05, 4.69) is 19.5 Å². The number of hydrogen-bond acceptors (Lipinski definition) is 10. The summed E-state index contributed by atoms with van der Waals surface area (Å²) in [5.74, 6) is -2.49. The smallest absolute Gasteiger partial charge is 0.469 e. The predicted molar refractivity (Wildman–Crippen MR) is 99.5 cm³/mol. The predicted octanol–water partition coefficient (Wildman–Crippen LogP) is -0.926. The second-order valence-corrected chi connectivity index (χ2v) is 8.56. The Morgan fingerprint density at radius 2 is 2.13 bits per heavy atom. The lowest BCUT2D eigenvalue weighted by atomic mass is 10.1. The van der Waals surface area contributed by atoms with Crippen molar-refractivity contribution in [1.29, 1.82) is 0 Å². The number of aromatic amines is 1. The Labute approximate surface area is 173 Å². The van der Waals surface area contributed by atoms with E-state index in [1.165, 1.54) is 10.9 Å². The molecular weight excluding hydrogens is 441 g/mol. The Hall–Kier alpha value is -2.39. The Bertz CT molecular complexity index is 1110. The number of aromatic nitrogens is 4. The van der Waals surface area contributed by atoms with Crippen LogP contribution in [0, 0.1) is 0 Å². The average molecular weight is 461 g/mol. The number of nitrogens with one attached hydrogen (secondary N) is 1. The monoisotopic (exact) mass is 461 g/mol. The number of ether oxygens (including phenoxy) is 3. The number of rotatable bonds is 7. The second kappa shape index (κ2) is 7.63. The minimum atomic E-state index is -4.79. The van der Waals surface area contributed by atoms with Gasteiger partial charge in [0.2, 0.25) is 5.95 Å². The van der Waals surface area contributed by atoms with E-state index in [1.54, 1.807) is 6.92 Å². The highest BCUT2D eigenvalue weighted by Gasteiger charge is 2.57. The van der Waals surface area contributed by atoms with E-state index in [0.717, 1.165) is 0 Å². The average Bonchev–Trinajstić information content (AvgIpc) is 3.30. The van der Waals surface area contributed by atoms with E-state index >= 15 is 0 Å². The van der Waals surface area contributed by atoms with Crippen LogP contribution in [0.4, 0.5) is 5.95 Å². The van der Waals surface area contributed by atoms with Crippen molar-refractivity contribution < 1.29 is 43.0 Å². The molecule has 170 valence electrons. The van der Waals surface area contributed by atoms with E-state index < -0.39 is 56.3 Å². The van der Waals surface area contributed by atoms with Crippen LogP contribution >= 0.6 is 7.82 Å². The van der Waals surface area contributed by atoms with Crippen molar-refractivity contribution in [3.05, 3.63) is 16.7 Å². The lowest BCUT2D eigenvalue weighted by Gasteiger charge is -2.27. The molecular formula is C15H20N5O10P. The van der Waals surface area contributed by atoms with Crippen LogP contribution in [0.3, 0.4) is 0 Å². The highest BCUT2D eigenvalue weighted by atomic mass is 31.2. The number of imidazole rings is 1. The van der Waals surface area contributed by atoms with Gasteiger partial charge in [-0.15, -0.1) is 0 Å². The van der Waals surface area contributed by atoms with E-state index in [4.69, 9.17) is 34.8 Å². The molecule has 31 heavy (non-hydrogen) atoms. The lowest BCUT2D eigenvalue weighted by molar-refractivity contribution is -0.213. The van der Waals surface area contributed by atoms with Gasteiger partial charge in [0.05, 0.1) is 19.4 Å². The summed E-state index contributed by atoms with van der Waals surface area (Å²) in [6, 6.07) is 0. The van der Waals surface area contributed by atoms with E-state index in [-0.39, 0.29) is 30.0 Å². The molecule has 2 aromatic heterocycles. The van der Waals surface area contributed by atoms with Crippen LogP contribution < -0.4 is 11.3 Å². The SMILES string of the molecule is C[C@@]1(CCC(=O)O)O[C@@H]2[C@H](O1)[C@@H](COP(=O)(O)O)O[C@H]2n1cnc2c(=O)[nH]c(N)nc21. The maximum atomic E-state index is 12.1. The molecule has 15 nitrogen and oxygen atoms in total. The van der Waals surface area contributed by atoms with Crippen LogP contribution in [-0.4, -0.2) is 71.1 Å². The topological polar surface area (TPSA) is 221 Å². The molecule has 5 atom stereocenters.